The average Bonchev–Trinajstić information content (AvgIpc) is 3.26. The maximum absolute atomic E-state index is 12.7. The molecule has 0 aliphatic carbocycles. The zero-order valence-corrected chi connectivity index (χ0v) is 17.0. The van der Waals surface area contributed by atoms with Crippen LogP contribution in [0.1, 0.15) is 51.5 Å². The van der Waals surface area contributed by atoms with Crippen LogP contribution in [0.5, 0.6) is 17.2 Å². The van der Waals surface area contributed by atoms with Crippen LogP contribution in [0.25, 0.3) is 0 Å². The molecule has 150 valence electrons. The fraction of sp³-hybridized carbons (Fsp3) is 0.667. The summed E-state index contributed by atoms with van der Waals surface area (Å²) in [4.78, 5) is 12.7. The smallest absolute Gasteiger partial charge is 0.310 e. The Morgan fingerprint density at radius 3 is 2.74 bits per heavy atom. The highest BCUT2D eigenvalue weighted by Gasteiger charge is 2.44. The standard InChI is InChI=1S/C21H31NO5/c1-6-7-21(2,3)10-15-18(20(23)25-5)14(11-22-15)13-8-16(24-4)19-17(9-13)26-12-27-19/h8-9,14-15,18,22H,6-7,10-12H2,1-5H3/t14-,15+,18-/m1/s1. The number of carbonyl (C=O) groups excluding carboxylic acids is 1. The zero-order valence-electron chi connectivity index (χ0n) is 17.0. The summed E-state index contributed by atoms with van der Waals surface area (Å²) < 4.78 is 21.7. The van der Waals surface area contributed by atoms with Crippen molar-refractivity contribution in [3.8, 4) is 17.2 Å². The summed E-state index contributed by atoms with van der Waals surface area (Å²) in [5.74, 6) is 1.53. The molecule has 3 atom stereocenters. The minimum Gasteiger partial charge on any atom is -0.493 e. The van der Waals surface area contributed by atoms with Crippen molar-refractivity contribution in [1.82, 2.24) is 5.32 Å². The molecule has 3 rings (SSSR count). The third-order valence-corrected chi connectivity index (χ3v) is 5.75. The highest BCUT2D eigenvalue weighted by atomic mass is 16.7. The van der Waals surface area contributed by atoms with Gasteiger partial charge in [-0.3, -0.25) is 4.79 Å². The molecule has 0 radical (unpaired) electrons. The number of rotatable bonds is 7. The van der Waals surface area contributed by atoms with Crippen molar-refractivity contribution in [1.29, 1.82) is 0 Å². The van der Waals surface area contributed by atoms with Crippen molar-refractivity contribution in [3.63, 3.8) is 0 Å². The second kappa shape index (κ2) is 7.97. The molecule has 0 amide bonds. The first-order valence-corrected chi connectivity index (χ1v) is 9.69. The Bertz CT molecular complexity index is 687. The largest absolute Gasteiger partial charge is 0.493 e. The molecule has 2 heterocycles. The van der Waals surface area contributed by atoms with E-state index >= 15 is 0 Å². The third kappa shape index (κ3) is 4.00. The van der Waals surface area contributed by atoms with Crippen LogP contribution >= 0.6 is 0 Å². The Labute approximate surface area is 161 Å². The molecule has 1 N–H and O–H groups in total. The van der Waals surface area contributed by atoms with E-state index in [9.17, 15) is 4.79 Å². The molecule has 0 spiro atoms. The number of esters is 1. The van der Waals surface area contributed by atoms with Crippen molar-refractivity contribution in [2.75, 3.05) is 27.6 Å². The van der Waals surface area contributed by atoms with Crippen LogP contribution in [-0.4, -0.2) is 39.6 Å². The highest BCUT2D eigenvalue weighted by Crippen LogP contribution is 2.46. The fourth-order valence-electron chi connectivity index (χ4n) is 4.54. The maximum Gasteiger partial charge on any atom is 0.310 e. The molecule has 1 aromatic rings. The lowest BCUT2D eigenvalue weighted by Gasteiger charge is -2.31. The van der Waals surface area contributed by atoms with Gasteiger partial charge in [-0.25, -0.2) is 0 Å². The van der Waals surface area contributed by atoms with Gasteiger partial charge in [-0.1, -0.05) is 27.2 Å². The maximum atomic E-state index is 12.7. The Balaban J connectivity index is 1.90. The molecule has 27 heavy (non-hydrogen) atoms. The topological polar surface area (TPSA) is 66.0 Å². The van der Waals surface area contributed by atoms with Crippen molar-refractivity contribution in [2.24, 2.45) is 11.3 Å². The Hall–Kier alpha value is -1.95. The quantitative estimate of drug-likeness (QED) is 0.734. The van der Waals surface area contributed by atoms with E-state index in [-0.39, 0.29) is 36.1 Å². The second-order valence-corrected chi connectivity index (χ2v) is 8.25. The van der Waals surface area contributed by atoms with Crippen LogP contribution in [-0.2, 0) is 9.53 Å². The van der Waals surface area contributed by atoms with E-state index in [0.717, 1.165) is 31.4 Å². The monoisotopic (exact) mass is 377 g/mol. The molecular formula is C21H31NO5. The Morgan fingerprint density at radius 2 is 2.07 bits per heavy atom. The molecule has 2 aliphatic heterocycles. The Morgan fingerprint density at radius 1 is 1.30 bits per heavy atom. The lowest BCUT2D eigenvalue weighted by Crippen LogP contribution is -2.37. The van der Waals surface area contributed by atoms with Crippen molar-refractivity contribution in [2.45, 2.75) is 52.0 Å². The number of hydrogen-bond acceptors (Lipinski definition) is 6. The summed E-state index contributed by atoms with van der Waals surface area (Å²) in [6.45, 7) is 7.64. The van der Waals surface area contributed by atoms with Crippen LogP contribution < -0.4 is 19.5 Å². The summed E-state index contributed by atoms with van der Waals surface area (Å²) in [7, 11) is 3.08. The van der Waals surface area contributed by atoms with Crippen LogP contribution in [0.15, 0.2) is 12.1 Å². The summed E-state index contributed by atoms with van der Waals surface area (Å²) in [5.41, 5.74) is 1.18. The summed E-state index contributed by atoms with van der Waals surface area (Å²) in [6.07, 6.45) is 3.19. The number of nitrogens with one attached hydrogen (secondary N) is 1. The SMILES string of the molecule is CCCC(C)(C)C[C@@H]1NC[C@H](c2cc(OC)c3c(c2)OCO3)[C@H]1C(=O)OC. The van der Waals surface area contributed by atoms with E-state index in [1.165, 1.54) is 7.11 Å². The van der Waals surface area contributed by atoms with E-state index in [4.69, 9.17) is 18.9 Å². The normalized spacial score (nSPS) is 24.1. The molecule has 1 saturated heterocycles. The van der Waals surface area contributed by atoms with E-state index in [1.54, 1.807) is 7.11 Å². The number of carbonyl (C=O) groups is 1. The van der Waals surface area contributed by atoms with Gasteiger partial charge in [0.15, 0.2) is 11.5 Å². The number of hydrogen-bond donors (Lipinski definition) is 1. The molecule has 1 aromatic carbocycles. The van der Waals surface area contributed by atoms with Gasteiger partial charge in [0.25, 0.3) is 0 Å². The molecule has 6 nitrogen and oxygen atoms in total. The Kier molecular flexibility index (Phi) is 5.84. The van der Waals surface area contributed by atoms with Gasteiger partial charge in [0.2, 0.25) is 12.5 Å². The van der Waals surface area contributed by atoms with Crippen molar-refractivity contribution >= 4 is 5.97 Å². The van der Waals surface area contributed by atoms with Crippen LogP contribution in [0.4, 0.5) is 0 Å². The zero-order chi connectivity index (χ0) is 19.6. The minimum atomic E-state index is -0.240. The lowest BCUT2D eigenvalue weighted by atomic mass is 9.76. The number of fused-ring (bicyclic) bond motifs is 1. The number of methoxy groups -OCH3 is 2. The van der Waals surface area contributed by atoms with Gasteiger partial charge in [0.1, 0.15) is 0 Å². The van der Waals surface area contributed by atoms with Gasteiger partial charge in [-0.15, -0.1) is 0 Å². The van der Waals surface area contributed by atoms with E-state index in [0.29, 0.717) is 17.2 Å². The molecule has 6 heteroatoms. The first-order chi connectivity index (χ1) is 12.9. The fourth-order valence-corrected chi connectivity index (χ4v) is 4.54. The molecule has 0 bridgehead atoms. The van der Waals surface area contributed by atoms with Crippen molar-refractivity contribution < 1.29 is 23.7 Å². The van der Waals surface area contributed by atoms with Gasteiger partial charge in [-0.05, 0) is 36.0 Å². The van der Waals surface area contributed by atoms with Crippen LogP contribution in [0.2, 0.25) is 0 Å². The van der Waals surface area contributed by atoms with E-state index in [2.05, 4.69) is 26.1 Å². The van der Waals surface area contributed by atoms with Gasteiger partial charge >= 0.3 is 5.97 Å². The molecule has 0 aromatic heterocycles. The molecule has 1 fully saturated rings. The predicted octanol–water partition coefficient (Wildman–Crippen LogP) is 3.48. The second-order valence-electron chi connectivity index (χ2n) is 8.25. The van der Waals surface area contributed by atoms with E-state index < -0.39 is 0 Å². The summed E-state index contributed by atoms with van der Waals surface area (Å²) in [5, 5.41) is 3.58. The van der Waals surface area contributed by atoms with Gasteiger partial charge in [0.05, 0.1) is 20.1 Å². The van der Waals surface area contributed by atoms with Crippen molar-refractivity contribution in [3.05, 3.63) is 17.7 Å². The number of ether oxygens (including phenoxy) is 4. The number of benzene rings is 1. The first kappa shape index (κ1) is 19.8. The van der Waals surface area contributed by atoms with E-state index in [1.807, 2.05) is 12.1 Å². The van der Waals surface area contributed by atoms with Gasteiger partial charge in [-0.2, -0.15) is 0 Å². The van der Waals surface area contributed by atoms with Gasteiger partial charge < -0.3 is 24.3 Å². The molecule has 2 aliphatic rings. The lowest BCUT2D eigenvalue weighted by molar-refractivity contribution is -0.146. The molecular weight excluding hydrogens is 346 g/mol. The average molecular weight is 377 g/mol. The summed E-state index contributed by atoms with van der Waals surface area (Å²) >= 11 is 0. The summed E-state index contributed by atoms with van der Waals surface area (Å²) in [6, 6.07) is 4.00. The first-order valence-electron chi connectivity index (χ1n) is 9.69. The highest BCUT2D eigenvalue weighted by molar-refractivity contribution is 5.75. The van der Waals surface area contributed by atoms with Gasteiger partial charge in [0, 0.05) is 18.5 Å². The van der Waals surface area contributed by atoms with Crippen LogP contribution in [0, 0.1) is 11.3 Å². The van der Waals surface area contributed by atoms with Crippen LogP contribution in [0.3, 0.4) is 0 Å². The third-order valence-electron chi connectivity index (χ3n) is 5.75. The molecule has 0 saturated carbocycles. The minimum absolute atomic E-state index is 0.00303. The predicted molar refractivity (Wildman–Crippen MR) is 102 cm³/mol. The molecule has 0 unspecified atom stereocenters.